The molecule has 1 aliphatic heterocycles. The second kappa shape index (κ2) is 8.45. The number of fused-ring (bicyclic) bond motifs is 1. The van der Waals surface area contributed by atoms with Gasteiger partial charge in [0.25, 0.3) is 5.91 Å². The average molecular weight is 497 g/mol. The maximum Gasteiger partial charge on any atom is 0.424 e. The van der Waals surface area contributed by atoms with Crippen LogP contribution in [0.25, 0.3) is 17.0 Å². The minimum absolute atomic E-state index is 0.000538. The summed E-state index contributed by atoms with van der Waals surface area (Å²) in [7, 11) is 0. The molecule has 1 aromatic heterocycles. The Bertz CT molecular complexity index is 1340. The first-order valence-electron chi connectivity index (χ1n) is 9.11. The maximum absolute atomic E-state index is 13.4. The summed E-state index contributed by atoms with van der Waals surface area (Å²) < 4.78 is 41.6. The van der Waals surface area contributed by atoms with Gasteiger partial charge < -0.3 is 5.11 Å². The van der Waals surface area contributed by atoms with Gasteiger partial charge in [-0.05, 0) is 53.2 Å². The SMILES string of the molecule is O=C(O)NN1C(=O)S/C(=C\c2ccc3c(cnn3Cc3ccc(Cl)cc3C(F)(F)F)c2)C1=O. The highest BCUT2D eigenvalue weighted by atomic mass is 35.5. The van der Waals surface area contributed by atoms with Gasteiger partial charge in [0.15, 0.2) is 0 Å². The number of hydrogen-bond donors (Lipinski definition) is 2. The standard InChI is InChI=1S/C20H12ClF3N4O4S/c21-13-3-2-11(14(7-13)20(22,23)24)9-27-15-4-1-10(5-12(15)8-25-27)6-16-17(29)28(19(32)33-16)26-18(30)31/h1-8,26H,9H2,(H,30,31)/b16-6-. The predicted molar refractivity (Wildman–Crippen MR) is 114 cm³/mol. The first-order chi connectivity index (χ1) is 15.5. The number of carboxylic acid groups (broad SMARTS) is 1. The van der Waals surface area contributed by atoms with Crippen molar-refractivity contribution >= 4 is 57.6 Å². The molecule has 0 atom stereocenters. The fourth-order valence-electron chi connectivity index (χ4n) is 3.24. The summed E-state index contributed by atoms with van der Waals surface area (Å²) in [6.45, 7) is -0.144. The summed E-state index contributed by atoms with van der Waals surface area (Å²) in [6.07, 6.45) is -3.25. The number of aromatic nitrogens is 2. The van der Waals surface area contributed by atoms with Crippen molar-refractivity contribution < 1.29 is 32.7 Å². The number of carbonyl (C=O) groups is 3. The van der Waals surface area contributed by atoms with Crippen LogP contribution in [0.4, 0.5) is 22.8 Å². The van der Waals surface area contributed by atoms with Crippen molar-refractivity contribution in [3.05, 3.63) is 69.2 Å². The van der Waals surface area contributed by atoms with E-state index in [1.807, 2.05) is 0 Å². The number of rotatable bonds is 4. The van der Waals surface area contributed by atoms with E-state index in [4.69, 9.17) is 16.7 Å². The maximum atomic E-state index is 13.4. The van der Waals surface area contributed by atoms with Gasteiger partial charge >= 0.3 is 17.5 Å². The van der Waals surface area contributed by atoms with E-state index in [0.29, 0.717) is 33.2 Å². The number of halogens is 4. The third kappa shape index (κ3) is 4.66. The van der Waals surface area contributed by atoms with Crippen molar-refractivity contribution in [3.63, 3.8) is 0 Å². The highest BCUT2D eigenvalue weighted by molar-refractivity contribution is 8.18. The molecule has 0 radical (unpaired) electrons. The number of imide groups is 1. The van der Waals surface area contributed by atoms with E-state index in [-0.39, 0.29) is 22.0 Å². The molecule has 8 nitrogen and oxygen atoms in total. The molecule has 1 aliphatic rings. The minimum atomic E-state index is -4.57. The van der Waals surface area contributed by atoms with Gasteiger partial charge in [-0.25, -0.2) is 10.2 Å². The van der Waals surface area contributed by atoms with Crippen LogP contribution >= 0.6 is 23.4 Å². The number of thioether (sulfide) groups is 1. The van der Waals surface area contributed by atoms with Crippen LogP contribution < -0.4 is 5.43 Å². The van der Waals surface area contributed by atoms with Crippen LogP contribution in [-0.4, -0.2) is 37.1 Å². The topological polar surface area (TPSA) is 105 Å². The normalized spacial score (nSPS) is 15.6. The largest absolute Gasteiger partial charge is 0.464 e. The smallest absolute Gasteiger partial charge is 0.424 e. The first kappa shape index (κ1) is 22.7. The summed E-state index contributed by atoms with van der Waals surface area (Å²) in [6, 6.07) is 8.41. The van der Waals surface area contributed by atoms with Gasteiger partial charge in [-0.3, -0.25) is 14.3 Å². The van der Waals surface area contributed by atoms with Crippen LogP contribution in [0.5, 0.6) is 0 Å². The Hall–Kier alpha value is -3.51. The zero-order valence-electron chi connectivity index (χ0n) is 16.3. The molecule has 4 rings (SSSR count). The number of amides is 3. The van der Waals surface area contributed by atoms with Crippen molar-refractivity contribution in [1.29, 1.82) is 0 Å². The predicted octanol–water partition coefficient (Wildman–Crippen LogP) is 4.98. The van der Waals surface area contributed by atoms with Gasteiger partial charge in [-0.15, -0.1) is 0 Å². The monoisotopic (exact) mass is 496 g/mol. The number of nitrogens with zero attached hydrogens (tertiary/aromatic N) is 3. The molecule has 1 saturated heterocycles. The Kier molecular flexibility index (Phi) is 5.80. The summed E-state index contributed by atoms with van der Waals surface area (Å²) in [5.41, 5.74) is 1.94. The Labute approximate surface area is 192 Å². The summed E-state index contributed by atoms with van der Waals surface area (Å²) in [5, 5.41) is 13.1. The lowest BCUT2D eigenvalue weighted by Crippen LogP contribution is -2.44. The Balaban J connectivity index is 1.62. The molecule has 13 heteroatoms. The summed E-state index contributed by atoms with van der Waals surface area (Å²) in [5.74, 6) is -0.814. The average Bonchev–Trinajstić information content (AvgIpc) is 3.24. The number of hydrogen-bond acceptors (Lipinski definition) is 5. The lowest BCUT2D eigenvalue weighted by molar-refractivity contribution is -0.138. The quantitative estimate of drug-likeness (QED) is 0.494. The highest BCUT2D eigenvalue weighted by Crippen LogP contribution is 2.35. The molecule has 3 amide bonds. The molecule has 3 aromatic rings. The van der Waals surface area contributed by atoms with Crippen LogP contribution in [0.1, 0.15) is 16.7 Å². The number of alkyl halides is 3. The van der Waals surface area contributed by atoms with Gasteiger partial charge in [0.1, 0.15) is 0 Å². The molecular weight excluding hydrogens is 485 g/mol. The molecule has 2 heterocycles. The first-order valence-corrected chi connectivity index (χ1v) is 10.3. The molecule has 0 unspecified atom stereocenters. The van der Waals surface area contributed by atoms with Gasteiger partial charge in [-0.1, -0.05) is 23.7 Å². The van der Waals surface area contributed by atoms with E-state index < -0.39 is 29.0 Å². The van der Waals surface area contributed by atoms with Crippen molar-refractivity contribution in [2.75, 3.05) is 0 Å². The van der Waals surface area contributed by atoms with Gasteiger partial charge in [0.05, 0.1) is 28.7 Å². The van der Waals surface area contributed by atoms with Crippen molar-refractivity contribution in [1.82, 2.24) is 20.2 Å². The minimum Gasteiger partial charge on any atom is -0.464 e. The third-order valence-electron chi connectivity index (χ3n) is 4.66. The van der Waals surface area contributed by atoms with Crippen molar-refractivity contribution in [2.24, 2.45) is 0 Å². The number of benzene rings is 2. The zero-order valence-corrected chi connectivity index (χ0v) is 17.8. The summed E-state index contributed by atoms with van der Waals surface area (Å²) in [4.78, 5) is 34.8. The molecule has 0 spiro atoms. The van der Waals surface area contributed by atoms with E-state index in [1.165, 1.54) is 29.1 Å². The Morgan fingerprint density at radius 2 is 1.97 bits per heavy atom. The van der Waals surface area contributed by atoms with Crippen LogP contribution in [0.2, 0.25) is 5.02 Å². The molecule has 2 N–H and O–H groups in total. The second-order valence-electron chi connectivity index (χ2n) is 6.85. The fraction of sp³-hybridized carbons (Fsp3) is 0.100. The lowest BCUT2D eigenvalue weighted by Gasteiger charge is -2.14. The van der Waals surface area contributed by atoms with Crippen molar-refractivity contribution in [2.45, 2.75) is 12.7 Å². The molecule has 1 fully saturated rings. The van der Waals surface area contributed by atoms with Gasteiger partial charge in [0, 0.05) is 10.4 Å². The van der Waals surface area contributed by atoms with Crippen LogP contribution in [0, 0.1) is 0 Å². The van der Waals surface area contributed by atoms with Crippen LogP contribution in [0.15, 0.2) is 47.5 Å². The number of nitrogens with one attached hydrogen (secondary N) is 1. The van der Waals surface area contributed by atoms with Crippen LogP contribution in [-0.2, 0) is 17.5 Å². The molecule has 2 aromatic carbocycles. The van der Waals surface area contributed by atoms with Crippen LogP contribution in [0.3, 0.4) is 0 Å². The molecule has 0 saturated carbocycles. The van der Waals surface area contributed by atoms with E-state index in [9.17, 15) is 27.6 Å². The number of hydrazine groups is 1. The van der Waals surface area contributed by atoms with Gasteiger partial charge in [0.2, 0.25) is 0 Å². The van der Waals surface area contributed by atoms with Gasteiger partial charge in [-0.2, -0.15) is 23.3 Å². The van der Waals surface area contributed by atoms with E-state index in [1.54, 1.807) is 23.6 Å². The molecular formula is C20H12ClF3N4O4S. The summed E-state index contributed by atoms with van der Waals surface area (Å²) >= 11 is 6.30. The molecule has 33 heavy (non-hydrogen) atoms. The highest BCUT2D eigenvalue weighted by Gasteiger charge is 2.37. The fourth-order valence-corrected chi connectivity index (χ4v) is 4.20. The molecule has 0 bridgehead atoms. The molecule has 170 valence electrons. The number of carbonyl (C=O) groups excluding carboxylic acids is 2. The zero-order chi connectivity index (χ0) is 23.9. The Morgan fingerprint density at radius 1 is 1.21 bits per heavy atom. The second-order valence-corrected chi connectivity index (χ2v) is 8.28. The van der Waals surface area contributed by atoms with E-state index in [0.717, 1.165) is 6.07 Å². The van der Waals surface area contributed by atoms with E-state index in [2.05, 4.69) is 5.10 Å². The van der Waals surface area contributed by atoms with Crippen molar-refractivity contribution in [3.8, 4) is 0 Å². The molecule has 0 aliphatic carbocycles. The van der Waals surface area contributed by atoms with E-state index >= 15 is 0 Å². The lowest BCUT2D eigenvalue weighted by atomic mass is 10.1. The third-order valence-corrected chi connectivity index (χ3v) is 5.77. The Morgan fingerprint density at radius 3 is 2.67 bits per heavy atom.